The van der Waals surface area contributed by atoms with E-state index in [0.717, 1.165) is 11.4 Å². The van der Waals surface area contributed by atoms with Gasteiger partial charge in [-0.15, -0.1) is 0 Å². The van der Waals surface area contributed by atoms with Crippen molar-refractivity contribution in [2.45, 2.75) is 40.2 Å². The summed E-state index contributed by atoms with van der Waals surface area (Å²) in [5.74, 6) is -0.148. The number of aryl methyl sites for hydroxylation is 1. The molecule has 4 rings (SSSR count). The lowest BCUT2D eigenvalue weighted by molar-refractivity contribution is 0.0240. The number of amides is 2. The van der Waals surface area contributed by atoms with E-state index in [0.29, 0.717) is 55.2 Å². The summed E-state index contributed by atoms with van der Waals surface area (Å²) in [4.78, 5) is 42.5. The summed E-state index contributed by atoms with van der Waals surface area (Å²) < 4.78 is 7.21. The maximum absolute atomic E-state index is 13.2. The lowest BCUT2D eigenvalue weighted by atomic mass is 10.0. The van der Waals surface area contributed by atoms with E-state index in [2.05, 4.69) is 25.2 Å². The van der Waals surface area contributed by atoms with E-state index < -0.39 is 11.5 Å². The summed E-state index contributed by atoms with van der Waals surface area (Å²) in [5.41, 5.74) is 9.36. The average Bonchev–Trinajstić information content (AvgIpc) is 3.22. The first-order valence-electron chi connectivity index (χ1n) is 12.4. The highest BCUT2D eigenvalue weighted by molar-refractivity contribution is 6.32. The number of piperazine rings is 1. The molecule has 11 nitrogen and oxygen atoms in total. The van der Waals surface area contributed by atoms with E-state index in [1.54, 1.807) is 34.0 Å². The summed E-state index contributed by atoms with van der Waals surface area (Å²) in [6, 6.07) is 3.54. The van der Waals surface area contributed by atoms with Crippen molar-refractivity contribution in [1.29, 1.82) is 0 Å². The van der Waals surface area contributed by atoms with Crippen LogP contribution in [-0.4, -0.2) is 75.8 Å². The Morgan fingerprint density at radius 1 is 1.18 bits per heavy atom. The van der Waals surface area contributed by atoms with Crippen LogP contribution in [-0.2, 0) is 4.74 Å². The predicted octanol–water partition coefficient (Wildman–Crippen LogP) is 4.02. The minimum atomic E-state index is -0.548. The molecule has 1 aromatic carbocycles. The molecule has 0 aliphatic carbocycles. The van der Waals surface area contributed by atoms with Crippen molar-refractivity contribution < 1.29 is 14.3 Å². The maximum Gasteiger partial charge on any atom is 0.410 e. The molecule has 12 heteroatoms. The Balaban J connectivity index is 1.56. The van der Waals surface area contributed by atoms with Crippen LogP contribution < -0.4 is 16.0 Å². The molecule has 3 aromatic rings. The third-order valence-corrected chi connectivity index (χ3v) is 6.20. The number of aliphatic imine (C=N–C) groups is 1. The number of nitrogens with one attached hydrogen (secondary N) is 1. The SMILES string of the molecule is CCN=Cc1c(N2CCN(C(=O)OC(C)(C)C)CC2)ccc(C(=O)Nc2cn3cc(C)nc3c(Cl)n2)c1N. The van der Waals surface area contributed by atoms with Gasteiger partial charge in [-0.1, -0.05) is 11.6 Å². The number of anilines is 3. The van der Waals surface area contributed by atoms with Crippen molar-refractivity contribution in [3.63, 3.8) is 0 Å². The van der Waals surface area contributed by atoms with Gasteiger partial charge in [0, 0.05) is 56.4 Å². The number of aromatic nitrogens is 3. The van der Waals surface area contributed by atoms with Crippen LogP contribution >= 0.6 is 11.6 Å². The number of benzene rings is 1. The number of imidazole rings is 1. The molecule has 2 amide bonds. The normalized spacial score (nSPS) is 14.4. The second-order valence-electron chi connectivity index (χ2n) is 10.0. The molecule has 0 bridgehead atoms. The zero-order valence-electron chi connectivity index (χ0n) is 22.3. The van der Waals surface area contributed by atoms with Gasteiger partial charge in [0.15, 0.2) is 16.6 Å². The largest absolute Gasteiger partial charge is 0.444 e. The summed E-state index contributed by atoms with van der Waals surface area (Å²) in [7, 11) is 0. The molecule has 1 fully saturated rings. The van der Waals surface area contributed by atoms with Crippen LogP contribution in [0.5, 0.6) is 0 Å². The van der Waals surface area contributed by atoms with E-state index in [9.17, 15) is 9.59 Å². The molecule has 1 aliphatic heterocycles. The highest BCUT2D eigenvalue weighted by Gasteiger charge is 2.27. The number of hydrogen-bond donors (Lipinski definition) is 2. The van der Waals surface area contributed by atoms with Gasteiger partial charge in [0.25, 0.3) is 5.91 Å². The van der Waals surface area contributed by atoms with Gasteiger partial charge >= 0.3 is 6.09 Å². The molecular weight excluding hydrogens is 508 g/mol. The lowest BCUT2D eigenvalue weighted by Crippen LogP contribution is -2.50. The van der Waals surface area contributed by atoms with Crippen LogP contribution in [0.25, 0.3) is 5.65 Å². The smallest absolute Gasteiger partial charge is 0.410 e. The third kappa shape index (κ3) is 5.99. The van der Waals surface area contributed by atoms with Gasteiger partial charge < -0.3 is 30.0 Å². The van der Waals surface area contributed by atoms with Crippen LogP contribution in [0.2, 0.25) is 5.15 Å². The third-order valence-electron chi connectivity index (χ3n) is 5.94. The quantitative estimate of drug-likeness (QED) is 0.369. The zero-order valence-corrected chi connectivity index (χ0v) is 23.0. The number of nitrogen functional groups attached to an aromatic ring is 1. The van der Waals surface area contributed by atoms with E-state index in [1.807, 2.05) is 40.7 Å². The molecular formula is C26H33ClN8O3. The minimum Gasteiger partial charge on any atom is -0.444 e. The fourth-order valence-corrected chi connectivity index (χ4v) is 4.43. The Bertz CT molecular complexity index is 1390. The second kappa shape index (κ2) is 10.9. The summed E-state index contributed by atoms with van der Waals surface area (Å²) in [5, 5.41) is 2.96. The minimum absolute atomic E-state index is 0.181. The number of carbonyl (C=O) groups excluding carboxylic acids is 2. The van der Waals surface area contributed by atoms with Gasteiger partial charge in [-0.05, 0) is 46.8 Å². The van der Waals surface area contributed by atoms with Gasteiger partial charge in [-0.2, -0.15) is 0 Å². The molecule has 1 saturated heterocycles. The molecule has 0 saturated carbocycles. The molecule has 0 atom stereocenters. The van der Waals surface area contributed by atoms with Gasteiger partial charge in [0.2, 0.25) is 0 Å². The first kappa shape index (κ1) is 27.2. The Morgan fingerprint density at radius 3 is 2.55 bits per heavy atom. The number of carbonyl (C=O) groups is 2. The summed E-state index contributed by atoms with van der Waals surface area (Å²) in [6.45, 7) is 12.1. The predicted molar refractivity (Wildman–Crippen MR) is 150 cm³/mol. The van der Waals surface area contributed by atoms with Gasteiger partial charge in [0.1, 0.15) is 5.60 Å². The molecule has 3 N–H and O–H groups in total. The lowest BCUT2D eigenvalue weighted by Gasteiger charge is -2.37. The second-order valence-corrected chi connectivity index (χ2v) is 10.4. The molecule has 1 aliphatic rings. The number of fused-ring (bicyclic) bond motifs is 1. The molecule has 38 heavy (non-hydrogen) atoms. The van der Waals surface area contributed by atoms with E-state index >= 15 is 0 Å². The number of rotatable bonds is 5. The fourth-order valence-electron chi connectivity index (χ4n) is 4.20. The summed E-state index contributed by atoms with van der Waals surface area (Å²) >= 11 is 6.26. The zero-order chi connectivity index (χ0) is 27.6. The first-order valence-corrected chi connectivity index (χ1v) is 12.8. The topological polar surface area (TPSA) is 130 Å². The molecule has 202 valence electrons. The Hall–Kier alpha value is -3.86. The van der Waals surface area contributed by atoms with E-state index in [-0.39, 0.29) is 17.1 Å². The molecule has 0 unspecified atom stereocenters. The van der Waals surface area contributed by atoms with Crippen LogP contribution in [0.4, 0.5) is 22.0 Å². The number of halogens is 1. The molecule has 0 spiro atoms. The number of nitrogens with zero attached hydrogens (tertiary/aromatic N) is 6. The average molecular weight is 541 g/mol. The van der Waals surface area contributed by atoms with Crippen LogP contribution in [0.15, 0.2) is 29.5 Å². The van der Waals surface area contributed by atoms with E-state index in [4.69, 9.17) is 22.1 Å². The fraction of sp³-hybridized carbons (Fsp3) is 0.423. The molecule has 3 heterocycles. The van der Waals surface area contributed by atoms with Gasteiger partial charge in [0.05, 0.1) is 23.1 Å². The molecule has 2 aromatic heterocycles. The van der Waals surface area contributed by atoms with Crippen molar-refractivity contribution in [3.05, 3.63) is 46.5 Å². The number of ether oxygens (including phenoxy) is 1. The van der Waals surface area contributed by atoms with Crippen molar-refractivity contribution in [2.24, 2.45) is 4.99 Å². The standard InChI is InChI=1S/C26H33ClN8O3/c1-6-29-13-18-19(33-9-11-34(12-10-33)25(37)38-26(3,4)5)8-7-17(21(18)28)24(36)32-20-15-35-14-16(2)30-23(35)22(27)31-20/h7-8,13-15H,6,9-12,28H2,1-5H3,(H,32,36). The maximum atomic E-state index is 13.2. The highest BCUT2D eigenvalue weighted by atomic mass is 35.5. The van der Waals surface area contributed by atoms with Crippen LogP contribution in [0.1, 0.15) is 49.3 Å². The van der Waals surface area contributed by atoms with Crippen molar-refractivity contribution in [1.82, 2.24) is 19.3 Å². The van der Waals surface area contributed by atoms with Gasteiger partial charge in [-0.25, -0.2) is 14.8 Å². The Labute approximate surface area is 226 Å². The summed E-state index contributed by atoms with van der Waals surface area (Å²) in [6.07, 6.45) is 4.81. The van der Waals surface area contributed by atoms with Crippen LogP contribution in [0.3, 0.4) is 0 Å². The monoisotopic (exact) mass is 540 g/mol. The van der Waals surface area contributed by atoms with E-state index in [1.165, 1.54) is 0 Å². The Morgan fingerprint density at radius 2 is 1.89 bits per heavy atom. The van der Waals surface area contributed by atoms with Crippen molar-refractivity contribution in [2.75, 3.05) is 48.7 Å². The van der Waals surface area contributed by atoms with Gasteiger partial charge in [-0.3, -0.25) is 9.79 Å². The number of hydrogen-bond acceptors (Lipinski definition) is 8. The first-order chi connectivity index (χ1) is 18.0. The molecule has 0 radical (unpaired) electrons. The Kier molecular flexibility index (Phi) is 7.77. The van der Waals surface area contributed by atoms with Crippen LogP contribution in [0, 0.1) is 6.92 Å². The number of nitrogens with two attached hydrogens (primary N) is 1. The highest BCUT2D eigenvalue weighted by Crippen LogP contribution is 2.30. The van der Waals surface area contributed by atoms with Crippen molar-refractivity contribution >= 4 is 52.7 Å². The van der Waals surface area contributed by atoms with Crippen molar-refractivity contribution in [3.8, 4) is 0 Å².